The van der Waals surface area contributed by atoms with Gasteiger partial charge in [-0.15, -0.1) is 11.8 Å². The molecule has 0 saturated carbocycles. The second-order valence-electron chi connectivity index (χ2n) is 7.27. The monoisotopic (exact) mass is 443 g/mol. The highest BCUT2D eigenvalue weighted by molar-refractivity contribution is 9.12. The van der Waals surface area contributed by atoms with Crippen molar-refractivity contribution in [1.82, 2.24) is 9.88 Å². The molecule has 0 bridgehead atoms. The van der Waals surface area contributed by atoms with E-state index < -0.39 is 5.41 Å². The molecular formula is C20H18BrN3O2S. The van der Waals surface area contributed by atoms with Crippen LogP contribution in [0.5, 0.6) is 0 Å². The van der Waals surface area contributed by atoms with Gasteiger partial charge in [-0.2, -0.15) is 0 Å². The summed E-state index contributed by atoms with van der Waals surface area (Å²) in [6.07, 6.45) is 9.39. The average molecular weight is 444 g/mol. The van der Waals surface area contributed by atoms with Gasteiger partial charge in [0.1, 0.15) is 5.69 Å². The first-order valence-corrected chi connectivity index (χ1v) is 11.0. The van der Waals surface area contributed by atoms with E-state index in [0.717, 1.165) is 46.8 Å². The molecule has 3 heterocycles. The normalized spacial score (nSPS) is 26.3. The first kappa shape index (κ1) is 17.3. The number of carbonyl (C=O) groups is 2. The number of hydrogen-bond donors (Lipinski definition) is 1. The first-order valence-electron chi connectivity index (χ1n) is 8.93. The van der Waals surface area contributed by atoms with Crippen molar-refractivity contribution in [2.24, 2.45) is 17.5 Å². The number of ketones is 2. The van der Waals surface area contributed by atoms with Gasteiger partial charge in [0.05, 0.1) is 21.3 Å². The summed E-state index contributed by atoms with van der Waals surface area (Å²) in [4.78, 5) is 31.6. The van der Waals surface area contributed by atoms with E-state index in [1.807, 2.05) is 23.9 Å². The van der Waals surface area contributed by atoms with Gasteiger partial charge < -0.3 is 9.88 Å². The number of halogens is 1. The third-order valence-electron chi connectivity index (χ3n) is 5.87. The van der Waals surface area contributed by atoms with Crippen LogP contribution in [0.3, 0.4) is 0 Å². The van der Waals surface area contributed by atoms with E-state index in [0.29, 0.717) is 16.7 Å². The van der Waals surface area contributed by atoms with Crippen molar-refractivity contribution in [3.8, 4) is 0 Å². The number of nitrogens with zero attached hydrogens (tertiary/aromatic N) is 2. The number of nitrogens with one attached hydrogen (secondary N) is 1. The number of aryl methyl sites for hydroxylation is 1. The fourth-order valence-electron chi connectivity index (χ4n) is 4.76. The maximum absolute atomic E-state index is 13.4. The van der Waals surface area contributed by atoms with E-state index in [1.165, 1.54) is 5.56 Å². The van der Waals surface area contributed by atoms with Gasteiger partial charge in [-0.1, -0.05) is 6.08 Å². The third-order valence-corrected chi connectivity index (χ3v) is 7.42. The van der Waals surface area contributed by atoms with Crippen LogP contribution in [0.15, 0.2) is 44.0 Å². The van der Waals surface area contributed by atoms with Gasteiger partial charge in [0.2, 0.25) is 5.78 Å². The summed E-state index contributed by atoms with van der Waals surface area (Å²) >= 11 is 5.02. The molecule has 27 heavy (non-hydrogen) atoms. The molecular weight excluding hydrogens is 426 g/mol. The maximum Gasteiger partial charge on any atom is 0.226 e. The van der Waals surface area contributed by atoms with Gasteiger partial charge in [0.15, 0.2) is 5.78 Å². The van der Waals surface area contributed by atoms with Crippen molar-refractivity contribution in [3.63, 3.8) is 0 Å². The molecule has 2 aliphatic carbocycles. The van der Waals surface area contributed by atoms with E-state index in [9.17, 15) is 9.59 Å². The second-order valence-corrected chi connectivity index (χ2v) is 8.97. The summed E-state index contributed by atoms with van der Waals surface area (Å²) in [5.74, 6) is -0.00461. The van der Waals surface area contributed by atoms with Crippen LogP contribution in [-0.2, 0) is 18.3 Å². The Labute approximate surface area is 169 Å². The van der Waals surface area contributed by atoms with Gasteiger partial charge >= 0.3 is 0 Å². The van der Waals surface area contributed by atoms with Crippen molar-refractivity contribution in [3.05, 3.63) is 55.8 Å². The third kappa shape index (κ3) is 2.15. The van der Waals surface area contributed by atoms with Crippen LogP contribution in [0, 0.1) is 5.41 Å². The van der Waals surface area contributed by atoms with Crippen molar-refractivity contribution >= 4 is 45.0 Å². The summed E-state index contributed by atoms with van der Waals surface area (Å²) in [5.41, 5.74) is 4.87. The zero-order chi connectivity index (χ0) is 18.9. The van der Waals surface area contributed by atoms with Crippen molar-refractivity contribution < 1.29 is 9.59 Å². The number of Topliss-reactive ketones (excluding diaryl/α,β-unsaturated/α-hetero) is 1. The molecule has 4 aliphatic rings. The molecule has 1 aromatic rings. The lowest BCUT2D eigenvalue weighted by Gasteiger charge is -2.44. The summed E-state index contributed by atoms with van der Waals surface area (Å²) in [6.45, 7) is 1.39. The maximum atomic E-state index is 13.4. The largest absolute Gasteiger partial charge is 0.381 e. The molecule has 0 radical (unpaired) electrons. The number of hydrogen-bond acceptors (Lipinski definition) is 5. The van der Waals surface area contributed by atoms with Gasteiger partial charge in [0, 0.05) is 42.4 Å². The molecule has 0 saturated heterocycles. The highest BCUT2D eigenvalue weighted by atomic mass is 79.9. The van der Waals surface area contributed by atoms with Crippen LogP contribution in [0.4, 0.5) is 0 Å². The molecule has 0 amide bonds. The van der Waals surface area contributed by atoms with Gasteiger partial charge in [-0.3, -0.25) is 14.6 Å². The van der Waals surface area contributed by atoms with Gasteiger partial charge in [-0.05, 0) is 46.7 Å². The molecule has 1 atom stereocenters. The Hall–Kier alpha value is -1.86. The molecule has 7 heteroatoms. The summed E-state index contributed by atoms with van der Waals surface area (Å²) in [7, 11) is 1.93. The Morgan fingerprint density at radius 3 is 2.96 bits per heavy atom. The molecule has 0 fully saturated rings. The van der Waals surface area contributed by atoms with Crippen LogP contribution in [0.25, 0.3) is 0 Å². The zero-order valence-electron chi connectivity index (χ0n) is 15.1. The van der Waals surface area contributed by atoms with E-state index in [-0.39, 0.29) is 11.6 Å². The number of allylic oxidation sites excluding steroid dienone is 6. The van der Waals surface area contributed by atoms with Crippen LogP contribution >= 0.6 is 27.7 Å². The Morgan fingerprint density at radius 2 is 2.19 bits per heavy atom. The Bertz CT molecular complexity index is 1060. The quantitative estimate of drug-likeness (QED) is 0.724. The van der Waals surface area contributed by atoms with Crippen LogP contribution in [0.2, 0.25) is 0 Å². The van der Waals surface area contributed by atoms with Crippen LogP contribution in [0.1, 0.15) is 28.0 Å². The highest BCUT2D eigenvalue weighted by Gasteiger charge is 2.50. The van der Waals surface area contributed by atoms with E-state index in [1.54, 1.807) is 17.8 Å². The number of rotatable bonds is 1. The molecule has 0 aromatic carbocycles. The van der Waals surface area contributed by atoms with E-state index in [4.69, 9.17) is 4.99 Å². The minimum Gasteiger partial charge on any atom is -0.381 e. The van der Waals surface area contributed by atoms with Crippen molar-refractivity contribution in [1.29, 1.82) is 0 Å². The highest BCUT2D eigenvalue weighted by Crippen LogP contribution is 2.54. The van der Waals surface area contributed by atoms with Gasteiger partial charge in [0.25, 0.3) is 0 Å². The zero-order valence-corrected chi connectivity index (χ0v) is 17.5. The summed E-state index contributed by atoms with van der Waals surface area (Å²) in [5, 5.41) is 3.35. The van der Waals surface area contributed by atoms with E-state index >= 15 is 0 Å². The number of aromatic nitrogens is 1. The molecule has 1 N–H and O–H groups in total. The number of carbonyl (C=O) groups excluding carboxylic acids is 2. The SMILES string of the molecule is CSC1=CC(=O)C(Br)=CC12CCNC1=C2C2=NCCc3cn(C)c(c32)C1=O. The first-order chi connectivity index (χ1) is 13.0. The second kappa shape index (κ2) is 5.82. The minimum atomic E-state index is -0.497. The molecule has 5 rings (SSSR count). The predicted molar refractivity (Wildman–Crippen MR) is 111 cm³/mol. The Morgan fingerprint density at radius 1 is 1.37 bits per heavy atom. The molecule has 138 valence electrons. The minimum absolute atomic E-state index is 0.0237. The fraction of sp³-hybridized carbons (Fsp3) is 0.350. The smallest absolute Gasteiger partial charge is 0.226 e. The Balaban J connectivity index is 1.83. The Kier molecular flexibility index (Phi) is 3.72. The molecule has 5 nitrogen and oxygen atoms in total. The van der Waals surface area contributed by atoms with Crippen LogP contribution in [-0.4, -0.2) is 41.2 Å². The van der Waals surface area contributed by atoms with E-state index in [2.05, 4.69) is 27.4 Å². The topological polar surface area (TPSA) is 63.5 Å². The molecule has 1 unspecified atom stereocenters. The number of thioether (sulfide) groups is 1. The molecule has 1 spiro atoms. The lowest BCUT2D eigenvalue weighted by atomic mass is 9.66. The van der Waals surface area contributed by atoms with Gasteiger partial charge in [-0.25, -0.2) is 0 Å². The lowest BCUT2D eigenvalue weighted by molar-refractivity contribution is -0.110. The lowest BCUT2D eigenvalue weighted by Crippen LogP contribution is -2.46. The fourth-order valence-corrected chi connectivity index (χ4v) is 6.12. The summed E-state index contributed by atoms with van der Waals surface area (Å²) < 4.78 is 2.49. The predicted octanol–water partition coefficient (Wildman–Crippen LogP) is 2.91. The standard InChI is InChI=1S/C20H18BrN3O2S/c1-24-9-10-3-5-22-16-14(10)18(24)19(26)17-15(16)20(4-6-23-17)8-11(21)12(25)7-13(20)27-2/h7-9,23H,3-6H2,1-2H3. The number of aliphatic imine (C=N–C) groups is 1. The number of fused-ring (bicyclic) bond motifs is 2. The molecule has 2 aliphatic heterocycles. The van der Waals surface area contributed by atoms with Crippen molar-refractivity contribution in [2.45, 2.75) is 12.8 Å². The average Bonchev–Trinajstić information content (AvgIpc) is 2.99. The van der Waals surface area contributed by atoms with Crippen molar-refractivity contribution in [2.75, 3.05) is 19.3 Å². The summed E-state index contributed by atoms with van der Waals surface area (Å²) in [6, 6.07) is 0. The van der Waals surface area contributed by atoms with Crippen LogP contribution < -0.4 is 5.32 Å². The molecule has 1 aromatic heterocycles.